The number of hydrogen-bond acceptors (Lipinski definition) is 4. The average Bonchev–Trinajstić information content (AvgIpc) is 3.15. The van der Waals surface area contributed by atoms with E-state index in [2.05, 4.69) is 27.4 Å². The van der Waals surface area contributed by atoms with Crippen LogP contribution in [0.25, 0.3) is 0 Å². The van der Waals surface area contributed by atoms with Crippen LogP contribution in [0, 0.1) is 0 Å². The Hall–Kier alpha value is -2.79. The number of para-hydroxylation sites is 1. The van der Waals surface area contributed by atoms with Crippen LogP contribution >= 0.6 is 11.6 Å². The highest BCUT2D eigenvalue weighted by atomic mass is 35.5. The van der Waals surface area contributed by atoms with Gasteiger partial charge in [0.25, 0.3) is 5.56 Å². The molecule has 0 saturated carbocycles. The van der Waals surface area contributed by atoms with E-state index in [1.807, 2.05) is 48.5 Å². The van der Waals surface area contributed by atoms with E-state index in [4.69, 9.17) is 11.6 Å². The highest BCUT2D eigenvalue weighted by molar-refractivity contribution is 6.33. The molecule has 1 N–H and O–H groups in total. The lowest BCUT2D eigenvalue weighted by Crippen LogP contribution is -2.30. The first-order valence-electron chi connectivity index (χ1n) is 9.07. The number of nitrogens with one attached hydrogen (secondary N) is 1. The highest BCUT2D eigenvalue weighted by Crippen LogP contribution is 2.26. The number of nitrogens with zero attached hydrogens (tertiary/aromatic N) is 3. The summed E-state index contributed by atoms with van der Waals surface area (Å²) < 4.78 is 1.41. The van der Waals surface area contributed by atoms with Gasteiger partial charge in [0.2, 0.25) is 0 Å². The molecule has 1 unspecified atom stereocenters. The maximum atomic E-state index is 12.6. The van der Waals surface area contributed by atoms with Crippen LogP contribution in [-0.4, -0.2) is 28.9 Å². The summed E-state index contributed by atoms with van der Waals surface area (Å²) in [5, 5.41) is 8.11. The van der Waals surface area contributed by atoms with E-state index in [0.717, 1.165) is 30.8 Å². The van der Waals surface area contributed by atoms with Crippen molar-refractivity contribution in [1.29, 1.82) is 0 Å². The summed E-state index contributed by atoms with van der Waals surface area (Å²) in [6, 6.07) is 20.2. The Bertz CT molecular complexity index is 959. The van der Waals surface area contributed by atoms with Crippen molar-refractivity contribution in [2.75, 3.05) is 23.3 Å². The van der Waals surface area contributed by atoms with Gasteiger partial charge in [-0.15, -0.1) is 0 Å². The standard InChI is InChI=1S/C21H21ClN4O/c22-20-19(13-23-26(21(20)27)14-16-7-3-1-4-8-16)25-12-11-18(15-25)24-17-9-5-2-6-10-17/h1-10,13,18,24H,11-12,14-15H2. The van der Waals surface area contributed by atoms with Crippen LogP contribution in [0.4, 0.5) is 11.4 Å². The van der Waals surface area contributed by atoms with Gasteiger partial charge in [-0.25, -0.2) is 4.68 Å². The molecule has 1 saturated heterocycles. The summed E-state index contributed by atoms with van der Waals surface area (Å²) >= 11 is 6.42. The fourth-order valence-corrected chi connectivity index (χ4v) is 3.68. The van der Waals surface area contributed by atoms with Gasteiger partial charge >= 0.3 is 0 Å². The fraction of sp³-hybridized carbons (Fsp3) is 0.238. The van der Waals surface area contributed by atoms with Gasteiger partial charge in [0.05, 0.1) is 18.4 Å². The molecule has 138 valence electrons. The zero-order valence-corrected chi connectivity index (χ0v) is 15.6. The Morgan fingerprint density at radius 1 is 1.07 bits per heavy atom. The van der Waals surface area contributed by atoms with Crippen LogP contribution in [0.5, 0.6) is 0 Å². The molecule has 1 fully saturated rings. The van der Waals surface area contributed by atoms with Crippen molar-refractivity contribution in [3.8, 4) is 0 Å². The summed E-state index contributed by atoms with van der Waals surface area (Å²) in [6.07, 6.45) is 2.69. The molecule has 6 heteroatoms. The van der Waals surface area contributed by atoms with Gasteiger partial charge in [-0.1, -0.05) is 60.1 Å². The summed E-state index contributed by atoms with van der Waals surface area (Å²) in [5.41, 5.74) is 2.58. The summed E-state index contributed by atoms with van der Waals surface area (Å²) in [7, 11) is 0. The summed E-state index contributed by atoms with van der Waals surface area (Å²) in [4.78, 5) is 14.8. The molecule has 3 aromatic rings. The largest absolute Gasteiger partial charge is 0.380 e. The van der Waals surface area contributed by atoms with Crippen LogP contribution in [0.15, 0.2) is 71.7 Å². The van der Waals surface area contributed by atoms with Crippen LogP contribution in [0.1, 0.15) is 12.0 Å². The van der Waals surface area contributed by atoms with Gasteiger partial charge in [0, 0.05) is 24.8 Å². The molecule has 27 heavy (non-hydrogen) atoms. The Labute approximate surface area is 163 Å². The lowest BCUT2D eigenvalue weighted by molar-refractivity contribution is 0.637. The van der Waals surface area contributed by atoms with Crippen molar-refractivity contribution in [3.63, 3.8) is 0 Å². The van der Waals surface area contributed by atoms with Gasteiger partial charge in [-0.05, 0) is 24.1 Å². The number of hydrogen-bond donors (Lipinski definition) is 1. The zero-order valence-electron chi connectivity index (χ0n) is 14.9. The van der Waals surface area contributed by atoms with Gasteiger partial charge in [0.15, 0.2) is 0 Å². The monoisotopic (exact) mass is 380 g/mol. The van der Waals surface area contributed by atoms with Crippen LogP contribution < -0.4 is 15.8 Å². The molecule has 1 aromatic heterocycles. The SMILES string of the molecule is O=c1c(Cl)c(N2CCC(Nc3ccccc3)C2)cnn1Cc1ccccc1. The second-order valence-corrected chi connectivity index (χ2v) is 7.11. The molecule has 0 bridgehead atoms. The maximum Gasteiger partial charge on any atom is 0.287 e. The van der Waals surface area contributed by atoms with E-state index in [1.54, 1.807) is 6.20 Å². The van der Waals surface area contributed by atoms with Crippen molar-refractivity contribution in [1.82, 2.24) is 9.78 Å². The van der Waals surface area contributed by atoms with E-state index < -0.39 is 0 Å². The molecule has 0 aliphatic carbocycles. The van der Waals surface area contributed by atoms with Gasteiger partial charge in [-0.3, -0.25) is 4.79 Å². The molecular weight excluding hydrogens is 360 g/mol. The van der Waals surface area contributed by atoms with Gasteiger partial charge in [0.1, 0.15) is 5.02 Å². The zero-order chi connectivity index (χ0) is 18.6. The molecule has 1 aliphatic heterocycles. The fourth-order valence-electron chi connectivity index (χ4n) is 3.41. The van der Waals surface area contributed by atoms with E-state index in [-0.39, 0.29) is 10.6 Å². The van der Waals surface area contributed by atoms with Crippen LogP contribution in [0.3, 0.4) is 0 Å². The van der Waals surface area contributed by atoms with Gasteiger partial charge < -0.3 is 10.2 Å². The Morgan fingerprint density at radius 2 is 1.78 bits per heavy atom. The minimum Gasteiger partial charge on any atom is -0.380 e. The van der Waals surface area contributed by atoms with Crippen LogP contribution in [0.2, 0.25) is 5.02 Å². The third-order valence-corrected chi connectivity index (χ3v) is 5.17. The minimum absolute atomic E-state index is 0.237. The Kier molecular flexibility index (Phi) is 5.12. The van der Waals surface area contributed by atoms with Crippen LogP contribution in [-0.2, 0) is 6.54 Å². The second kappa shape index (κ2) is 7.84. The number of benzene rings is 2. The second-order valence-electron chi connectivity index (χ2n) is 6.73. The number of aromatic nitrogens is 2. The lowest BCUT2D eigenvalue weighted by Gasteiger charge is -2.20. The molecule has 2 heterocycles. The van der Waals surface area contributed by atoms with Crippen molar-refractivity contribution in [2.45, 2.75) is 19.0 Å². The first-order chi connectivity index (χ1) is 13.2. The lowest BCUT2D eigenvalue weighted by atomic mass is 10.2. The quantitative estimate of drug-likeness (QED) is 0.734. The predicted octanol–water partition coefficient (Wildman–Crippen LogP) is 3.64. The molecular formula is C21H21ClN4O. The first kappa shape index (κ1) is 17.6. The van der Waals surface area contributed by atoms with Crippen molar-refractivity contribution in [3.05, 3.63) is 87.8 Å². The maximum absolute atomic E-state index is 12.6. The van der Waals surface area contributed by atoms with Gasteiger partial charge in [-0.2, -0.15) is 5.10 Å². The Balaban J connectivity index is 1.48. The molecule has 1 atom stereocenters. The number of anilines is 2. The molecule has 2 aromatic carbocycles. The number of rotatable bonds is 5. The smallest absolute Gasteiger partial charge is 0.287 e. The number of halogens is 1. The van der Waals surface area contributed by atoms with Crippen molar-refractivity contribution >= 4 is 23.0 Å². The first-order valence-corrected chi connectivity index (χ1v) is 9.44. The molecule has 1 aliphatic rings. The predicted molar refractivity (Wildman–Crippen MR) is 110 cm³/mol. The van der Waals surface area contributed by atoms with E-state index in [0.29, 0.717) is 18.3 Å². The molecule has 0 spiro atoms. The Morgan fingerprint density at radius 3 is 2.52 bits per heavy atom. The molecule has 0 radical (unpaired) electrons. The topological polar surface area (TPSA) is 50.2 Å². The molecule has 0 amide bonds. The van der Waals surface area contributed by atoms with Crippen molar-refractivity contribution in [2.24, 2.45) is 0 Å². The van der Waals surface area contributed by atoms with E-state index >= 15 is 0 Å². The average molecular weight is 381 g/mol. The van der Waals surface area contributed by atoms with E-state index in [9.17, 15) is 4.79 Å². The third-order valence-electron chi connectivity index (χ3n) is 4.82. The van der Waals surface area contributed by atoms with Crippen molar-refractivity contribution < 1.29 is 0 Å². The molecule has 4 rings (SSSR count). The summed E-state index contributed by atoms with van der Waals surface area (Å²) in [5.74, 6) is 0. The highest BCUT2D eigenvalue weighted by Gasteiger charge is 2.25. The van der Waals surface area contributed by atoms with E-state index in [1.165, 1.54) is 4.68 Å². The molecule has 5 nitrogen and oxygen atoms in total. The minimum atomic E-state index is -0.252. The normalized spacial score (nSPS) is 16.5. The third kappa shape index (κ3) is 3.98. The summed E-state index contributed by atoms with van der Waals surface area (Å²) in [6.45, 7) is 2.05.